The highest BCUT2D eigenvalue weighted by Gasteiger charge is 2.43. The van der Waals surface area contributed by atoms with Gasteiger partial charge in [0.15, 0.2) is 0 Å². The van der Waals surface area contributed by atoms with Crippen LogP contribution in [0.4, 0.5) is 5.69 Å². The molecule has 2 aliphatic heterocycles. The number of benzene rings is 2. The standard InChI is InChI=1S/C25H31N3O3/c1-20-17-28(24(30)22-8-3-2-4-9-22)18-25(31-20)12-15-27(16-13-25)14-11-21-7-5-6-10-23(21)26-19-29/h2-10,19-20H,11-18H2,1H3,(H,26,29). The number of morpholine rings is 1. The molecular formula is C25H31N3O3. The summed E-state index contributed by atoms with van der Waals surface area (Å²) in [4.78, 5) is 28.3. The van der Waals surface area contributed by atoms with Crippen LogP contribution >= 0.6 is 0 Å². The Labute approximate surface area is 184 Å². The number of hydrogen-bond acceptors (Lipinski definition) is 4. The van der Waals surface area contributed by atoms with Crippen LogP contribution in [-0.2, 0) is 16.0 Å². The third-order valence-electron chi connectivity index (χ3n) is 6.41. The molecule has 0 radical (unpaired) electrons. The van der Waals surface area contributed by atoms with Crippen LogP contribution in [0.1, 0.15) is 35.7 Å². The molecule has 6 heteroatoms. The molecule has 6 nitrogen and oxygen atoms in total. The predicted molar refractivity (Wildman–Crippen MR) is 121 cm³/mol. The quantitative estimate of drug-likeness (QED) is 0.728. The van der Waals surface area contributed by atoms with Gasteiger partial charge in [-0.15, -0.1) is 0 Å². The fourth-order valence-corrected chi connectivity index (χ4v) is 4.82. The van der Waals surface area contributed by atoms with E-state index in [1.807, 2.05) is 53.4 Å². The molecule has 164 valence electrons. The molecule has 31 heavy (non-hydrogen) atoms. The Hall–Kier alpha value is -2.70. The number of nitrogens with zero attached hydrogens (tertiary/aromatic N) is 2. The molecule has 0 aromatic heterocycles. The molecule has 0 bridgehead atoms. The molecule has 2 amide bonds. The van der Waals surface area contributed by atoms with Crippen molar-refractivity contribution < 1.29 is 14.3 Å². The lowest BCUT2D eigenvalue weighted by molar-refractivity contribution is -0.161. The number of amides is 2. The van der Waals surface area contributed by atoms with Crippen molar-refractivity contribution in [1.29, 1.82) is 0 Å². The Kier molecular flexibility index (Phi) is 6.68. The van der Waals surface area contributed by atoms with Gasteiger partial charge in [-0.2, -0.15) is 0 Å². The van der Waals surface area contributed by atoms with E-state index in [0.29, 0.717) is 13.1 Å². The molecule has 2 aromatic rings. The molecule has 0 aliphatic carbocycles. The van der Waals surface area contributed by atoms with Crippen LogP contribution in [0.3, 0.4) is 0 Å². The SMILES string of the molecule is CC1CN(C(=O)c2ccccc2)CC2(CCN(CCc3ccccc3NC=O)CC2)O1. The average molecular weight is 422 g/mol. The fourth-order valence-electron chi connectivity index (χ4n) is 4.82. The molecule has 1 N–H and O–H groups in total. The summed E-state index contributed by atoms with van der Waals surface area (Å²) in [6, 6.07) is 17.5. The topological polar surface area (TPSA) is 61.9 Å². The fraction of sp³-hybridized carbons (Fsp3) is 0.440. The predicted octanol–water partition coefficient (Wildman–Crippen LogP) is 3.19. The first-order valence-electron chi connectivity index (χ1n) is 11.1. The summed E-state index contributed by atoms with van der Waals surface area (Å²) in [5.74, 6) is 0.0943. The minimum atomic E-state index is -0.254. The Morgan fingerprint density at radius 2 is 1.84 bits per heavy atom. The number of rotatable bonds is 6. The van der Waals surface area contributed by atoms with E-state index in [1.54, 1.807) is 0 Å². The number of nitrogens with one attached hydrogen (secondary N) is 1. The number of carbonyl (C=O) groups excluding carboxylic acids is 2. The van der Waals surface area contributed by atoms with Gasteiger partial charge in [-0.25, -0.2) is 0 Å². The first-order chi connectivity index (χ1) is 15.1. The molecule has 1 unspecified atom stereocenters. The highest BCUT2D eigenvalue weighted by atomic mass is 16.5. The lowest BCUT2D eigenvalue weighted by atomic mass is 9.88. The van der Waals surface area contributed by atoms with E-state index in [1.165, 1.54) is 0 Å². The summed E-state index contributed by atoms with van der Waals surface area (Å²) in [5, 5.41) is 2.79. The molecule has 4 rings (SSSR count). The summed E-state index contributed by atoms with van der Waals surface area (Å²) >= 11 is 0. The van der Waals surface area contributed by atoms with E-state index in [4.69, 9.17) is 4.74 Å². The van der Waals surface area contributed by atoms with Crippen molar-refractivity contribution in [2.45, 2.75) is 37.9 Å². The van der Waals surface area contributed by atoms with Crippen LogP contribution in [0.2, 0.25) is 0 Å². The molecule has 2 heterocycles. The maximum atomic E-state index is 13.0. The lowest BCUT2D eigenvalue weighted by Gasteiger charge is -2.49. The van der Waals surface area contributed by atoms with Gasteiger partial charge in [-0.3, -0.25) is 9.59 Å². The van der Waals surface area contributed by atoms with Crippen molar-refractivity contribution in [3.8, 4) is 0 Å². The van der Waals surface area contributed by atoms with Gasteiger partial charge in [0.2, 0.25) is 6.41 Å². The van der Waals surface area contributed by atoms with E-state index in [-0.39, 0.29) is 17.6 Å². The van der Waals surface area contributed by atoms with E-state index in [9.17, 15) is 9.59 Å². The van der Waals surface area contributed by atoms with Crippen LogP contribution in [0, 0.1) is 0 Å². The second-order valence-corrected chi connectivity index (χ2v) is 8.67. The molecule has 1 atom stereocenters. The number of piperidine rings is 1. The highest BCUT2D eigenvalue weighted by molar-refractivity contribution is 5.94. The number of carbonyl (C=O) groups is 2. The monoisotopic (exact) mass is 421 g/mol. The van der Waals surface area contributed by atoms with Crippen LogP contribution in [0.5, 0.6) is 0 Å². The normalized spacial score (nSPS) is 21.1. The summed E-state index contributed by atoms with van der Waals surface area (Å²) in [7, 11) is 0. The third-order valence-corrected chi connectivity index (χ3v) is 6.41. The maximum Gasteiger partial charge on any atom is 0.254 e. The van der Waals surface area contributed by atoms with Crippen molar-refractivity contribution >= 4 is 18.0 Å². The molecule has 0 saturated carbocycles. The Bertz CT molecular complexity index is 894. The lowest BCUT2D eigenvalue weighted by Crippen LogP contribution is -2.60. The van der Waals surface area contributed by atoms with Gasteiger partial charge in [0.05, 0.1) is 18.2 Å². The van der Waals surface area contributed by atoms with E-state index >= 15 is 0 Å². The van der Waals surface area contributed by atoms with Crippen LogP contribution in [0.25, 0.3) is 0 Å². The van der Waals surface area contributed by atoms with Gasteiger partial charge < -0.3 is 19.9 Å². The molecule has 2 fully saturated rings. The number of ether oxygens (including phenoxy) is 1. The van der Waals surface area contributed by atoms with Crippen LogP contribution in [-0.4, -0.2) is 66.5 Å². The summed E-state index contributed by atoms with van der Waals surface area (Å²) < 4.78 is 6.42. The van der Waals surface area contributed by atoms with E-state index in [2.05, 4.69) is 23.2 Å². The van der Waals surface area contributed by atoms with Crippen molar-refractivity contribution in [3.63, 3.8) is 0 Å². The molecule has 2 aromatic carbocycles. The largest absolute Gasteiger partial charge is 0.368 e. The van der Waals surface area contributed by atoms with Crippen molar-refractivity contribution in [2.24, 2.45) is 0 Å². The van der Waals surface area contributed by atoms with Gasteiger partial charge in [0.25, 0.3) is 5.91 Å². The number of anilines is 1. The number of para-hydroxylation sites is 1. The van der Waals surface area contributed by atoms with Crippen LogP contribution in [0.15, 0.2) is 54.6 Å². The van der Waals surface area contributed by atoms with Crippen LogP contribution < -0.4 is 5.32 Å². The minimum Gasteiger partial charge on any atom is -0.368 e. The summed E-state index contributed by atoms with van der Waals surface area (Å²) in [6.07, 6.45) is 3.50. The van der Waals surface area contributed by atoms with Gasteiger partial charge >= 0.3 is 0 Å². The molecule has 2 aliphatic rings. The van der Waals surface area contributed by atoms with Crippen molar-refractivity contribution in [2.75, 3.05) is 38.0 Å². The first-order valence-corrected chi connectivity index (χ1v) is 11.1. The van der Waals surface area contributed by atoms with Gasteiger partial charge in [-0.1, -0.05) is 36.4 Å². The zero-order chi connectivity index (χ0) is 21.7. The van der Waals surface area contributed by atoms with Gasteiger partial charge in [0, 0.05) is 37.4 Å². The smallest absolute Gasteiger partial charge is 0.254 e. The summed E-state index contributed by atoms with van der Waals surface area (Å²) in [6.45, 7) is 6.20. The Morgan fingerprint density at radius 1 is 1.13 bits per heavy atom. The summed E-state index contributed by atoms with van der Waals surface area (Å²) in [5.41, 5.74) is 2.52. The molecule has 2 saturated heterocycles. The Morgan fingerprint density at radius 3 is 2.58 bits per heavy atom. The van der Waals surface area contributed by atoms with Gasteiger partial charge in [0.1, 0.15) is 0 Å². The molecule has 1 spiro atoms. The number of likely N-dealkylation sites (tertiary alicyclic amines) is 1. The highest BCUT2D eigenvalue weighted by Crippen LogP contribution is 2.33. The van der Waals surface area contributed by atoms with Gasteiger partial charge in [-0.05, 0) is 49.9 Å². The minimum absolute atomic E-state index is 0.0363. The second kappa shape index (κ2) is 9.62. The second-order valence-electron chi connectivity index (χ2n) is 8.67. The van der Waals surface area contributed by atoms with Crippen molar-refractivity contribution in [3.05, 3.63) is 65.7 Å². The number of hydrogen-bond donors (Lipinski definition) is 1. The van der Waals surface area contributed by atoms with Crippen molar-refractivity contribution in [1.82, 2.24) is 9.80 Å². The first kappa shape index (κ1) is 21.5. The maximum absolute atomic E-state index is 13.0. The zero-order valence-corrected chi connectivity index (χ0v) is 18.1. The average Bonchev–Trinajstić information content (AvgIpc) is 2.79. The van der Waals surface area contributed by atoms with E-state index in [0.717, 1.165) is 62.1 Å². The third kappa shape index (κ3) is 5.14. The Balaban J connectivity index is 1.35. The molecular weight excluding hydrogens is 390 g/mol. The zero-order valence-electron chi connectivity index (χ0n) is 18.1. The van der Waals surface area contributed by atoms with E-state index < -0.39 is 0 Å².